The summed E-state index contributed by atoms with van der Waals surface area (Å²) in [5, 5.41) is 0. The summed E-state index contributed by atoms with van der Waals surface area (Å²) in [4.78, 5) is 21.4. The van der Waals surface area contributed by atoms with Crippen LogP contribution in [-0.4, -0.2) is 64.9 Å². The van der Waals surface area contributed by atoms with Gasteiger partial charge in [0.2, 0.25) is 0 Å². The van der Waals surface area contributed by atoms with Gasteiger partial charge >= 0.3 is 0 Å². The second-order valence-electron chi connectivity index (χ2n) is 5.98. The molecule has 0 aliphatic carbocycles. The minimum atomic E-state index is 0.0803. The fourth-order valence-electron chi connectivity index (χ4n) is 2.91. The molecule has 0 radical (unpaired) electrons. The van der Waals surface area contributed by atoms with E-state index in [9.17, 15) is 4.79 Å². The molecular weight excluding hydrogens is 294 g/mol. The summed E-state index contributed by atoms with van der Waals surface area (Å²) in [5.41, 5.74) is 1.56. The molecule has 1 fully saturated rings. The summed E-state index contributed by atoms with van der Waals surface area (Å²) in [7, 11) is 0. The van der Waals surface area contributed by atoms with Crippen molar-refractivity contribution in [3.63, 3.8) is 0 Å². The zero-order chi connectivity index (χ0) is 15.9. The number of carbonyl (C=O) groups is 1. The standard InChI is InChI=1S/C17H27N3OS/c1-14-6-4-8-18-16(14)17(21)20-10-5-9-19(11-12-20)15(2)7-13-22-3/h4,6,8,15H,5,7,9-13H2,1-3H3. The van der Waals surface area contributed by atoms with Gasteiger partial charge in [-0.2, -0.15) is 11.8 Å². The second-order valence-corrected chi connectivity index (χ2v) is 6.97. The number of thioether (sulfide) groups is 1. The molecule has 0 aromatic carbocycles. The first kappa shape index (κ1) is 17.3. The normalized spacial score (nSPS) is 18.0. The molecule has 1 amide bonds. The van der Waals surface area contributed by atoms with Crippen LogP contribution in [0, 0.1) is 6.92 Å². The molecule has 0 spiro atoms. The highest BCUT2D eigenvalue weighted by atomic mass is 32.2. The van der Waals surface area contributed by atoms with Crippen LogP contribution in [0.4, 0.5) is 0 Å². The van der Waals surface area contributed by atoms with Crippen LogP contribution < -0.4 is 0 Å². The van der Waals surface area contributed by atoms with Crippen molar-refractivity contribution < 1.29 is 4.79 Å². The molecule has 1 aromatic rings. The van der Waals surface area contributed by atoms with Crippen LogP contribution >= 0.6 is 11.8 Å². The summed E-state index contributed by atoms with van der Waals surface area (Å²) >= 11 is 1.90. The molecule has 122 valence electrons. The average Bonchev–Trinajstić information content (AvgIpc) is 2.78. The molecule has 1 aromatic heterocycles. The molecule has 0 saturated carbocycles. The first-order valence-electron chi connectivity index (χ1n) is 8.07. The van der Waals surface area contributed by atoms with Crippen molar-refractivity contribution in [3.8, 4) is 0 Å². The summed E-state index contributed by atoms with van der Waals surface area (Å²) in [6.07, 6.45) is 6.12. The van der Waals surface area contributed by atoms with Crippen molar-refractivity contribution in [2.24, 2.45) is 0 Å². The van der Waals surface area contributed by atoms with Crippen LogP contribution in [-0.2, 0) is 0 Å². The van der Waals surface area contributed by atoms with Gasteiger partial charge in [0.1, 0.15) is 5.69 Å². The summed E-state index contributed by atoms with van der Waals surface area (Å²) in [6.45, 7) is 7.94. The van der Waals surface area contributed by atoms with Gasteiger partial charge in [0, 0.05) is 38.4 Å². The first-order valence-corrected chi connectivity index (χ1v) is 9.46. The van der Waals surface area contributed by atoms with E-state index in [1.165, 1.54) is 12.2 Å². The van der Waals surface area contributed by atoms with Crippen LogP contribution in [0.25, 0.3) is 0 Å². The van der Waals surface area contributed by atoms with Gasteiger partial charge in [0.15, 0.2) is 0 Å². The zero-order valence-corrected chi connectivity index (χ0v) is 14.7. The molecule has 5 heteroatoms. The molecule has 1 aliphatic rings. The highest BCUT2D eigenvalue weighted by Gasteiger charge is 2.23. The van der Waals surface area contributed by atoms with E-state index < -0.39 is 0 Å². The zero-order valence-electron chi connectivity index (χ0n) is 13.9. The van der Waals surface area contributed by atoms with E-state index in [-0.39, 0.29) is 5.91 Å². The maximum absolute atomic E-state index is 12.7. The van der Waals surface area contributed by atoms with Crippen LogP contribution in [0.15, 0.2) is 18.3 Å². The van der Waals surface area contributed by atoms with E-state index in [0.717, 1.165) is 38.2 Å². The van der Waals surface area contributed by atoms with E-state index >= 15 is 0 Å². The highest BCUT2D eigenvalue weighted by Crippen LogP contribution is 2.14. The molecule has 2 heterocycles. The Morgan fingerprint density at radius 1 is 1.36 bits per heavy atom. The SMILES string of the molecule is CSCCC(C)N1CCCN(C(=O)c2ncccc2C)CC1. The number of hydrogen-bond acceptors (Lipinski definition) is 4. The van der Waals surface area contributed by atoms with E-state index in [0.29, 0.717) is 11.7 Å². The van der Waals surface area contributed by atoms with Crippen molar-refractivity contribution in [3.05, 3.63) is 29.6 Å². The Bertz CT molecular complexity index is 495. The maximum Gasteiger partial charge on any atom is 0.272 e. The Morgan fingerprint density at radius 3 is 2.91 bits per heavy atom. The van der Waals surface area contributed by atoms with Crippen LogP contribution in [0.3, 0.4) is 0 Å². The molecular formula is C17H27N3OS. The Morgan fingerprint density at radius 2 is 2.18 bits per heavy atom. The molecule has 1 saturated heterocycles. The fraction of sp³-hybridized carbons (Fsp3) is 0.647. The Balaban J connectivity index is 1.95. The van der Waals surface area contributed by atoms with Crippen molar-refractivity contribution in [2.75, 3.05) is 38.2 Å². The quantitative estimate of drug-likeness (QED) is 0.835. The third-order valence-corrected chi connectivity index (χ3v) is 5.04. The number of rotatable bonds is 5. The monoisotopic (exact) mass is 321 g/mol. The van der Waals surface area contributed by atoms with Crippen LogP contribution in [0.5, 0.6) is 0 Å². The van der Waals surface area contributed by atoms with Gasteiger partial charge in [-0.05, 0) is 50.3 Å². The Hall–Kier alpha value is -1.07. The van der Waals surface area contributed by atoms with Crippen LogP contribution in [0.1, 0.15) is 35.8 Å². The maximum atomic E-state index is 12.7. The fourth-order valence-corrected chi connectivity index (χ4v) is 3.49. The van der Waals surface area contributed by atoms with Gasteiger partial charge in [0.25, 0.3) is 5.91 Å². The van der Waals surface area contributed by atoms with Crippen molar-refractivity contribution in [1.82, 2.24) is 14.8 Å². The lowest BCUT2D eigenvalue weighted by Gasteiger charge is -2.27. The topological polar surface area (TPSA) is 36.4 Å². The molecule has 4 nitrogen and oxygen atoms in total. The van der Waals surface area contributed by atoms with Crippen molar-refractivity contribution in [1.29, 1.82) is 0 Å². The molecule has 0 bridgehead atoms. The number of hydrogen-bond donors (Lipinski definition) is 0. The lowest BCUT2D eigenvalue weighted by atomic mass is 10.2. The summed E-state index contributed by atoms with van der Waals surface area (Å²) in [5.74, 6) is 1.28. The van der Waals surface area contributed by atoms with Crippen molar-refractivity contribution in [2.45, 2.75) is 32.7 Å². The number of pyridine rings is 1. The highest BCUT2D eigenvalue weighted by molar-refractivity contribution is 7.98. The number of amides is 1. The molecule has 0 N–H and O–H groups in total. The third kappa shape index (κ3) is 4.46. The molecule has 1 aliphatic heterocycles. The van der Waals surface area contributed by atoms with Gasteiger partial charge in [0.05, 0.1) is 0 Å². The van der Waals surface area contributed by atoms with E-state index in [1.807, 2.05) is 35.7 Å². The first-order chi connectivity index (χ1) is 10.6. The number of aromatic nitrogens is 1. The van der Waals surface area contributed by atoms with Gasteiger partial charge in [-0.3, -0.25) is 14.7 Å². The average molecular weight is 321 g/mol. The van der Waals surface area contributed by atoms with E-state index in [1.54, 1.807) is 6.20 Å². The number of carbonyl (C=O) groups excluding carboxylic acids is 1. The predicted octanol–water partition coefficient (Wildman–Crippen LogP) is 2.68. The molecule has 1 unspecified atom stereocenters. The third-order valence-electron chi connectivity index (χ3n) is 4.39. The van der Waals surface area contributed by atoms with Gasteiger partial charge < -0.3 is 4.90 Å². The Kier molecular flexibility index (Phi) is 6.70. The minimum Gasteiger partial charge on any atom is -0.336 e. The number of nitrogens with zero attached hydrogens (tertiary/aromatic N) is 3. The predicted molar refractivity (Wildman–Crippen MR) is 93.5 cm³/mol. The lowest BCUT2D eigenvalue weighted by Crippen LogP contribution is -2.39. The van der Waals surface area contributed by atoms with Crippen LogP contribution in [0.2, 0.25) is 0 Å². The van der Waals surface area contributed by atoms with Gasteiger partial charge in [-0.25, -0.2) is 0 Å². The van der Waals surface area contributed by atoms with E-state index in [4.69, 9.17) is 0 Å². The Labute approximate surface area is 138 Å². The molecule has 1 atom stereocenters. The summed E-state index contributed by atoms with van der Waals surface area (Å²) < 4.78 is 0. The molecule has 2 rings (SSSR count). The smallest absolute Gasteiger partial charge is 0.272 e. The lowest BCUT2D eigenvalue weighted by molar-refractivity contribution is 0.0752. The van der Waals surface area contributed by atoms with Gasteiger partial charge in [-0.15, -0.1) is 0 Å². The largest absolute Gasteiger partial charge is 0.336 e. The summed E-state index contributed by atoms with van der Waals surface area (Å²) in [6, 6.07) is 4.43. The molecule has 22 heavy (non-hydrogen) atoms. The van der Waals surface area contributed by atoms with Gasteiger partial charge in [-0.1, -0.05) is 6.07 Å². The van der Waals surface area contributed by atoms with E-state index in [2.05, 4.69) is 23.1 Å². The second kappa shape index (κ2) is 8.53. The number of aryl methyl sites for hydroxylation is 1. The minimum absolute atomic E-state index is 0.0803. The van der Waals surface area contributed by atoms with Crippen molar-refractivity contribution >= 4 is 17.7 Å².